The van der Waals surface area contributed by atoms with Crippen molar-refractivity contribution in [3.05, 3.63) is 102 Å². The monoisotopic (exact) mass is 807 g/mol. The van der Waals surface area contributed by atoms with Gasteiger partial charge in [0, 0.05) is 18.0 Å². The molecule has 0 amide bonds. The molecule has 246 valence electrons. The summed E-state index contributed by atoms with van der Waals surface area (Å²) in [5.41, 5.74) is 7.46. The number of fused-ring (bicyclic) bond motifs is 2. The molecule has 0 aliphatic carbocycles. The molecule has 0 spiro atoms. The van der Waals surface area contributed by atoms with Gasteiger partial charge in [0.2, 0.25) is 6.33 Å². The van der Waals surface area contributed by atoms with E-state index in [0.717, 1.165) is 44.5 Å². The second-order valence-corrected chi connectivity index (χ2v) is 16.0. The molecule has 4 heterocycles. The third-order valence-electron chi connectivity index (χ3n) is 9.04. The van der Waals surface area contributed by atoms with E-state index in [1.54, 1.807) is 0 Å². The van der Waals surface area contributed by atoms with E-state index in [9.17, 15) is 5.11 Å². The molecule has 0 saturated heterocycles. The predicted octanol–water partition coefficient (Wildman–Crippen LogP) is 8.77. The van der Waals surface area contributed by atoms with E-state index in [0.29, 0.717) is 5.69 Å². The zero-order valence-corrected chi connectivity index (χ0v) is 31.7. The Morgan fingerprint density at radius 3 is 2.06 bits per heavy atom. The average molecular weight is 808 g/mol. The number of imidazole rings is 1. The molecular weight excluding hydrogens is 762 g/mol. The first-order chi connectivity index (χ1) is 21.4. The maximum atomic E-state index is 11.8. The molecule has 0 aliphatic rings. The number of phenolic OH excluding ortho intramolecular Hbond substituents is 1. The fraction of sp³-hybridized carbons (Fsp3) is 0.375. The minimum atomic E-state index is -0.693. The number of aromatic nitrogens is 5. The molecule has 6 nitrogen and oxygen atoms in total. The van der Waals surface area contributed by atoms with Crippen LogP contribution < -0.4 is 4.57 Å². The molecule has 6 aromatic rings. The van der Waals surface area contributed by atoms with E-state index in [1.807, 2.05) is 35.2 Å². The molecule has 6 rings (SSSR count). The van der Waals surface area contributed by atoms with Crippen LogP contribution in [0.25, 0.3) is 39.0 Å². The molecule has 0 bridgehead atoms. The van der Waals surface area contributed by atoms with Crippen LogP contribution in [-0.4, -0.2) is 24.2 Å². The first kappa shape index (κ1) is 34.6. The van der Waals surface area contributed by atoms with E-state index in [4.69, 9.17) is 9.97 Å². The van der Waals surface area contributed by atoms with Gasteiger partial charge in [0.25, 0.3) is 0 Å². The van der Waals surface area contributed by atoms with E-state index >= 15 is 0 Å². The first-order valence-corrected chi connectivity index (χ1v) is 16.1. The molecule has 4 aromatic heterocycles. The topological polar surface area (TPSA) is 59.8 Å². The third-order valence-corrected chi connectivity index (χ3v) is 9.04. The number of nitrogens with zero attached hydrogens (tertiary/aromatic N) is 5. The zero-order chi connectivity index (χ0) is 33.4. The molecule has 0 fully saturated rings. The van der Waals surface area contributed by atoms with Crippen LogP contribution in [0.5, 0.6) is 5.75 Å². The number of hydrogen-bond acceptors (Lipinski definition) is 3. The Balaban J connectivity index is 0.00000433. The van der Waals surface area contributed by atoms with Gasteiger partial charge in [0.1, 0.15) is 5.75 Å². The Labute approximate surface area is 293 Å². The number of para-hydroxylation sites is 2. The SMILES string of the molecule is CC(C)(C)c1ccnc(-c2[c-]n(C(C)(C)[n+]3[c-]n(-c4cc(C(C)(C)C)cc(C(C)(C)C)c4O)c4ccccc43)c3ncccc23)c1.[Pt+2]. The molecule has 47 heavy (non-hydrogen) atoms. The number of pyridine rings is 2. The first-order valence-electron chi connectivity index (χ1n) is 16.1. The van der Waals surface area contributed by atoms with Gasteiger partial charge in [0.05, 0.1) is 16.7 Å². The molecule has 0 radical (unpaired) electrons. The van der Waals surface area contributed by atoms with Gasteiger partial charge in [-0.05, 0) is 58.5 Å². The van der Waals surface area contributed by atoms with E-state index < -0.39 is 5.66 Å². The molecule has 0 aliphatic heterocycles. The van der Waals surface area contributed by atoms with Crippen LogP contribution >= 0.6 is 0 Å². The second-order valence-electron chi connectivity index (χ2n) is 16.0. The Kier molecular flexibility index (Phi) is 8.63. The molecule has 0 unspecified atom stereocenters. The molecule has 7 heteroatoms. The number of hydrogen-bond donors (Lipinski definition) is 1. The van der Waals surface area contributed by atoms with Crippen molar-refractivity contribution in [2.75, 3.05) is 0 Å². The van der Waals surface area contributed by atoms with Gasteiger partial charge >= 0.3 is 21.1 Å². The van der Waals surface area contributed by atoms with Crippen LogP contribution in [0, 0.1) is 12.5 Å². The summed E-state index contributed by atoms with van der Waals surface area (Å²) in [4.78, 5) is 9.64. The van der Waals surface area contributed by atoms with Crippen LogP contribution in [0.3, 0.4) is 0 Å². The van der Waals surface area contributed by atoms with Crippen molar-refractivity contribution in [2.45, 2.75) is 98.1 Å². The van der Waals surface area contributed by atoms with E-state index in [1.165, 1.54) is 5.56 Å². The quantitative estimate of drug-likeness (QED) is 0.143. The van der Waals surface area contributed by atoms with Gasteiger partial charge in [-0.3, -0.25) is 9.55 Å². The van der Waals surface area contributed by atoms with Gasteiger partial charge in [0.15, 0.2) is 5.66 Å². The number of phenols is 1. The summed E-state index contributed by atoms with van der Waals surface area (Å²) in [5.74, 6) is 0.272. The Bertz CT molecular complexity index is 2100. The number of benzene rings is 2. The second kappa shape index (κ2) is 11.7. The maximum absolute atomic E-state index is 11.8. The van der Waals surface area contributed by atoms with Gasteiger partial charge in [-0.2, -0.15) is 0 Å². The zero-order valence-electron chi connectivity index (χ0n) is 29.4. The van der Waals surface area contributed by atoms with Crippen LogP contribution in [0.4, 0.5) is 0 Å². The van der Waals surface area contributed by atoms with E-state index in [2.05, 4.69) is 140 Å². The maximum Gasteiger partial charge on any atom is 2.00 e. The fourth-order valence-electron chi connectivity index (χ4n) is 6.17. The average Bonchev–Trinajstić information content (AvgIpc) is 3.56. The molecular formula is C40H46N5OPt+. The fourth-order valence-corrected chi connectivity index (χ4v) is 6.17. The van der Waals surface area contributed by atoms with E-state index in [-0.39, 0.29) is 43.1 Å². The Morgan fingerprint density at radius 2 is 1.40 bits per heavy atom. The number of rotatable bonds is 4. The van der Waals surface area contributed by atoms with Crippen molar-refractivity contribution in [3.8, 4) is 22.7 Å². The van der Waals surface area contributed by atoms with Crippen LogP contribution in [0.15, 0.2) is 73.1 Å². The minimum Gasteiger partial charge on any atom is -0.513 e. The minimum absolute atomic E-state index is 0. The summed E-state index contributed by atoms with van der Waals surface area (Å²) >= 11 is 0. The summed E-state index contributed by atoms with van der Waals surface area (Å²) < 4.78 is 6.24. The summed E-state index contributed by atoms with van der Waals surface area (Å²) in [6.07, 6.45) is 11.1. The smallest absolute Gasteiger partial charge is 0.513 e. The molecule has 0 atom stereocenters. The summed E-state index contributed by atoms with van der Waals surface area (Å²) in [6, 6.07) is 20.8. The van der Waals surface area contributed by atoms with Gasteiger partial charge in [-0.25, -0.2) is 0 Å². The van der Waals surface area contributed by atoms with Gasteiger partial charge in [-0.1, -0.05) is 122 Å². The van der Waals surface area contributed by atoms with Crippen molar-refractivity contribution in [1.82, 2.24) is 19.1 Å². The Hall–Kier alpha value is -3.76. The normalized spacial score (nSPS) is 12.9. The van der Waals surface area contributed by atoms with Crippen LogP contribution in [0.2, 0.25) is 0 Å². The molecule has 0 saturated carbocycles. The molecule has 2 aromatic carbocycles. The van der Waals surface area contributed by atoms with Crippen LogP contribution in [0.1, 0.15) is 92.9 Å². The summed E-state index contributed by atoms with van der Waals surface area (Å²) in [6.45, 7) is 24.0. The van der Waals surface area contributed by atoms with Crippen molar-refractivity contribution in [1.29, 1.82) is 0 Å². The third kappa shape index (κ3) is 6.06. The summed E-state index contributed by atoms with van der Waals surface area (Å²) in [5, 5.41) is 12.8. The van der Waals surface area contributed by atoms with Gasteiger partial charge in [-0.15, -0.1) is 11.6 Å². The predicted molar refractivity (Wildman–Crippen MR) is 187 cm³/mol. The summed E-state index contributed by atoms with van der Waals surface area (Å²) in [7, 11) is 0. The van der Waals surface area contributed by atoms with Crippen molar-refractivity contribution in [2.24, 2.45) is 0 Å². The number of aromatic hydroxyl groups is 1. The van der Waals surface area contributed by atoms with Crippen molar-refractivity contribution in [3.63, 3.8) is 0 Å². The van der Waals surface area contributed by atoms with Gasteiger partial charge < -0.3 is 19.2 Å². The molecule has 1 N–H and O–H groups in total. The van der Waals surface area contributed by atoms with Crippen LogP contribution in [-0.2, 0) is 43.0 Å². The van der Waals surface area contributed by atoms with Crippen molar-refractivity contribution < 1.29 is 30.7 Å². The Morgan fingerprint density at radius 1 is 0.723 bits per heavy atom. The largest absolute Gasteiger partial charge is 2.00 e. The standard InChI is InChI=1S/C40H46N5O.Pt/c1-37(2,3)26-18-20-41-31(22-26)29-24-44(36-28(29)15-14-19-42-36)40(10,11)45-25-43(32-16-12-13-17-33(32)45)34-23-27(38(4,5)6)21-30(35(34)46)39(7,8)9;/h12-23,46H,1-11H3;/q-1;+2. The van der Waals surface area contributed by atoms with Crippen molar-refractivity contribution >= 4 is 22.1 Å².